The number of esters is 1. The number of hydrogen-bond acceptors (Lipinski definition) is 4. The number of carbonyl (C=O) groups excluding carboxylic acids is 2. The van der Waals surface area contributed by atoms with Gasteiger partial charge in [0.25, 0.3) is 5.91 Å². The first-order valence-electron chi connectivity index (χ1n) is 6.83. The van der Waals surface area contributed by atoms with Crippen LogP contribution in [-0.2, 0) is 9.53 Å². The monoisotopic (exact) mass is 276 g/mol. The molecule has 1 aliphatic rings. The minimum atomic E-state index is -0.542. The number of nitrogens with zero attached hydrogens (tertiary/aromatic N) is 2. The first-order chi connectivity index (χ1) is 9.38. The van der Waals surface area contributed by atoms with Crippen LogP contribution in [-0.4, -0.2) is 39.9 Å². The molecule has 1 aromatic rings. The molecule has 1 saturated heterocycles. The topological polar surface area (TPSA) is 59.5 Å². The lowest BCUT2D eigenvalue weighted by molar-refractivity contribution is -0.159. The molecule has 2 heterocycles. The highest BCUT2D eigenvalue weighted by molar-refractivity contribution is 5.95. The van der Waals surface area contributed by atoms with Crippen molar-refractivity contribution in [2.75, 3.05) is 6.54 Å². The average Bonchev–Trinajstić information content (AvgIpc) is 2.86. The van der Waals surface area contributed by atoms with Crippen LogP contribution in [0, 0.1) is 0 Å². The normalized spacial score (nSPS) is 18.9. The second-order valence-corrected chi connectivity index (χ2v) is 5.91. The van der Waals surface area contributed by atoms with Crippen molar-refractivity contribution in [1.82, 2.24) is 9.88 Å². The summed E-state index contributed by atoms with van der Waals surface area (Å²) in [7, 11) is 0. The molecule has 1 fully saturated rings. The molecule has 0 aromatic carbocycles. The summed E-state index contributed by atoms with van der Waals surface area (Å²) in [6, 6.07) is 4.68. The molecule has 0 spiro atoms. The van der Waals surface area contributed by atoms with Crippen molar-refractivity contribution in [2.45, 2.75) is 45.3 Å². The average molecular weight is 276 g/mol. The predicted molar refractivity (Wildman–Crippen MR) is 74.1 cm³/mol. The standard InChI is InChI=1S/C15H20N2O3/c1-15(2,3)20-14(19)12-8-6-10-17(12)13(18)11-7-4-5-9-16-11/h4-5,7,9,12H,6,8,10H2,1-3H3/t12-/m1/s1. The van der Waals surface area contributed by atoms with E-state index in [-0.39, 0.29) is 11.9 Å². The van der Waals surface area contributed by atoms with Gasteiger partial charge in [0.2, 0.25) is 0 Å². The van der Waals surface area contributed by atoms with Gasteiger partial charge in [-0.1, -0.05) is 6.07 Å². The molecule has 1 atom stereocenters. The lowest BCUT2D eigenvalue weighted by Crippen LogP contribution is -2.43. The molecule has 1 amide bonds. The Labute approximate surface area is 118 Å². The molecule has 1 aromatic heterocycles. The fraction of sp³-hybridized carbons (Fsp3) is 0.533. The molecule has 5 nitrogen and oxygen atoms in total. The van der Waals surface area contributed by atoms with E-state index < -0.39 is 11.6 Å². The smallest absolute Gasteiger partial charge is 0.329 e. The van der Waals surface area contributed by atoms with Gasteiger partial charge in [0.15, 0.2) is 0 Å². The van der Waals surface area contributed by atoms with Gasteiger partial charge in [-0.25, -0.2) is 4.79 Å². The Hall–Kier alpha value is -1.91. The van der Waals surface area contributed by atoms with Gasteiger partial charge < -0.3 is 9.64 Å². The molecular weight excluding hydrogens is 256 g/mol. The fourth-order valence-electron chi connectivity index (χ4n) is 2.26. The van der Waals surface area contributed by atoms with Crippen molar-refractivity contribution < 1.29 is 14.3 Å². The molecule has 108 valence electrons. The van der Waals surface area contributed by atoms with Gasteiger partial charge in [0.05, 0.1) is 0 Å². The largest absolute Gasteiger partial charge is 0.458 e. The Balaban J connectivity index is 2.11. The number of ether oxygens (including phenoxy) is 1. The molecule has 2 rings (SSSR count). The van der Waals surface area contributed by atoms with Crippen LogP contribution in [0.4, 0.5) is 0 Å². The second kappa shape index (κ2) is 5.61. The second-order valence-electron chi connectivity index (χ2n) is 5.91. The number of carbonyl (C=O) groups is 2. The lowest BCUT2D eigenvalue weighted by atomic mass is 10.1. The summed E-state index contributed by atoms with van der Waals surface area (Å²) in [4.78, 5) is 30.2. The number of aromatic nitrogens is 1. The molecule has 0 radical (unpaired) electrons. The van der Waals surface area contributed by atoms with E-state index >= 15 is 0 Å². The third-order valence-electron chi connectivity index (χ3n) is 3.08. The zero-order valence-electron chi connectivity index (χ0n) is 12.1. The number of likely N-dealkylation sites (tertiary alicyclic amines) is 1. The number of pyridine rings is 1. The van der Waals surface area contributed by atoms with E-state index in [0.29, 0.717) is 18.7 Å². The van der Waals surface area contributed by atoms with Crippen molar-refractivity contribution in [2.24, 2.45) is 0 Å². The summed E-state index contributed by atoms with van der Waals surface area (Å²) in [5.74, 6) is -0.543. The van der Waals surface area contributed by atoms with Gasteiger partial charge in [-0.2, -0.15) is 0 Å². The van der Waals surface area contributed by atoms with Crippen LogP contribution in [0.5, 0.6) is 0 Å². The Morgan fingerprint density at radius 2 is 2.10 bits per heavy atom. The van der Waals surface area contributed by atoms with E-state index in [0.717, 1.165) is 6.42 Å². The van der Waals surface area contributed by atoms with Crippen LogP contribution >= 0.6 is 0 Å². The van der Waals surface area contributed by atoms with E-state index in [1.807, 2.05) is 20.8 Å². The highest BCUT2D eigenvalue weighted by Gasteiger charge is 2.37. The van der Waals surface area contributed by atoms with Crippen LogP contribution < -0.4 is 0 Å². The fourth-order valence-corrected chi connectivity index (χ4v) is 2.26. The van der Waals surface area contributed by atoms with Crippen LogP contribution in [0.25, 0.3) is 0 Å². The van der Waals surface area contributed by atoms with Crippen LogP contribution in [0.3, 0.4) is 0 Å². The Morgan fingerprint density at radius 3 is 2.70 bits per heavy atom. The van der Waals surface area contributed by atoms with E-state index in [1.165, 1.54) is 0 Å². The van der Waals surface area contributed by atoms with E-state index in [9.17, 15) is 9.59 Å². The van der Waals surface area contributed by atoms with Gasteiger partial charge >= 0.3 is 5.97 Å². The summed E-state index contributed by atoms with van der Waals surface area (Å²) in [5.41, 5.74) is -0.178. The highest BCUT2D eigenvalue weighted by atomic mass is 16.6. The van der Waals surface area contributed by atoms with E-state index in [4.69, 9.17) is 4.74 Å². The summed E-state index contributed by atoms with van der Waals surface area (Å²) in [5, 5.41) is 0. The van der Waals surface area contributed by atoms with Crippen molar-refractivity contribution in [3.05, 3.63) is 30.1 Å². The zero-order valence-corrected chi connectivity index (χ0v) is 12.1. The maximum absolute atomic E-state index is 12.4. The Kier molecular flexibility index (Phi) is 4.06. The quantitative estimate of drug-likeness (QED) is 0.775. The third kappa shape index (κ3) is 3.35. The SMILES string of the molecule is CC(C)(C)OC(=O)[C@H]1CCCN1C(=O)c1ccccn1. The Bertz CT molecular complexity index is 494. The zero-order chi connectivity index (χ0) is 14.8. The summed E-state index contributed by atoms with van der Waals surface area (Å²) < 4.78 is 5.38. The number of rotatable bonds is 2. The van der Waals surface area contributed by atoms with E-state index in [1.54, 1.807) is 29.3 Å². The van der Waals surface area contributed by atoms with Crippen molar-refractivity contribution in [3.63, 3.8) is 0 Å². The van der Waals surface area contributed by atoms with Crippen molar-refractivity contribution >= 4 is 11.9 Å². The molecule has 20 heavy (non-hydrogen) atoms. The van der Waals surface area contributed by atoms with Gasteiger partial charge in [0, 0.05) is 12.7 Å². The van der Waals surface area contributed by atoms with Gasteiger partial charge in [0.1, 0.15) is 17.3 Å². The highest BCUT2D eigenvalue weighted by Crippen LogP contribution is 2.22. The van der Waals surface area contributed by atoms with Gasteiger partial charge in [-0.05, 0) is 45.7 Å². The summed E-state index contributed by atoms with van der Waals surface area (Å²) in [6.07, 6.45) is 3.03. The summed E-state index contributed by atoms with van der Waals surface area (Å²) >= 11 is 0. The maximum atomic E-state index is 12.4. The molecule has 0 saturated carbocycles. The predicted octanol–water partition coefficient (Wildman–Crippen LogP) is 2.03. The van der Waals surface area contributed by atoms with Gasteiger partial charge in [-0.3, -0.25) is 9.78 Å². The van der Waals surface area contributed by atoms with Crippen LogP contribution in [0.1, 0.15) is 44.1 Å². The molecule has 1 aliphatic heterocycles. The minimum absolute atomic E-state index is 0.209. The summed E-state index contributed by atoms with van der Waals surface area (Å²) in [6.45, 7) is 6.04. The first kappa shape index (κ1) is 14.5. The third-order valence-corrected chi connectivity index (χ3v) is 3.08. The molecule has 0 N–H and O–H groups in total. The molecule has 0 unspecified atom stereocenters. The molecule has 5 heteroatoms. The van der Waals surface area contributed by atoms with Crippen molar-refractivity contribution in [1.29, 1.82) is 0 Å². The minimum Gasteiger partial charge on any atom is -0.458 e. The first-order valence-corrected chi connectivity index (χ1v) is 6.83. The number of amides is 1. The number of hydrogen-bond donors (Lipinski definition) is 0. The maximum Gasteiger partial charge on any atom is 0.329 e. The Morgan fingerprint density at radius 1 is 1.35 bits per heavy atom. The van der Waals surface area contributed by atoms with Crippen molar-refractivity contribution in [3.8, 4) is 0 Å². The molecular formula is C15H20N2O3. The van der Waals surface area contributed by atoms with Crippen LogP contribution in [0.2, 0.25) is 0 Å². The lowest BCUT2D eigenvalue weighted by Gasteiger charge is -2.27. The van der Waals surface area contributed by atoms with E-state index in [2.05, 4.69) is 4.98 Å². The van der Waals surface area contributed by atoms with Gasteiger partial charge in [-0.15, -0.1) is 0 Å². The molecule has 0 bridgehead atoms. The van der Waals surface area contributed by atoms with Crippen LogP contribution in [0.15, 0.2) is 24.4 Å². The molecule has 0 aliphatic carbocycles.